The molecule has 3 atom stereocenters. The third-order valence-electron chi connectivity index (χ3n) is 4.41. The second-order valence-electron chi connectivity index (χ2n) is 5.47. The molecule has 0 radical (unpaired) electrons. The van der Waals surface area contributed by atoms with E-state index in [9.17, 15) is 14.9 Å². The first-order valence-electron chi connectivity index (χ1n) is 6.50. The number of carbonyl (C=O) groups is 2. The van der Waals surface area contributed by atoms with Crippen LogP contribution < -0.4 is 0 Å². The van der Waals surface area contributed by atoms with Gasteiger partial charge < -0.3 is 0 Å². The van der Waals surface area contributed by atoms with Crippen LogP contribution in [0.25, 0.3) is 0 Å². The van der Waals surface area contributed by atoms with Gasteiger partial charge in [0, 0.05) is 0 Å². The highest BCUT2D eigenvalue weighted by Crippen LogP contribution is 2.48. The number of likely N-dealkylation sites (tertiary alicyclic amines) is 1. The summed E-state index contributed by atoms with van der Waals surface area (Å²) in [5.41, 5.74) is 0. The average Bonchev–Trinajstić information content (AvgIpc) is 3.11. The van der Waals surface area contributed by atoms with Gasteiger partial charge >= 0.3 is 0 Å². The summed E-state index contributed by atoms with van der Waals surface area (Å²) < 4.78 is 0. The van der Waals surface area contributed by atoms with Gasteiger partial charge in [-0.25, -0.2) is 0 Å². The molecule has 3 fully saturated rings. The Kier molecular flexibility index (Phi) is 2.43. The standard InChI is InChI=1S/C13H16N2O2/c14-7-11(8-4-2-1-3-5-8)15-12(16)9-6-10(9)13(15)17/h8-11H,1-6H2. The van der Waals surface area contributed by atoms with Crippen molar-refractivity contribution in [2.75, 3.05) is 0 Å². The van der Waals surface area contributed by atoms with Gasteiger partial charge in [-0.3, -0.25) is 14.5 Å². The molecule has 2 saturated carbocycles. The van der Waals surface area contributed by atoms with Crippen LogP contribution >= 0.6 is 0 Å². The van der Waals surface area contributed by atoms with Gasteiger partial charge in [-0.15, -0.1) is 0 Å². The summed E-state index contributed by atoms with van der Waals surface area (Å²) >= 11 is 0. The Hall–Kier alpha value is -1.37. The van der Waals surface area contributed by atoms with Gasteiger partial charge in [0.2, 0.25) is 11.8 Å². The Labute approximate surface area is 101 Å². The largest absolute Gasteiger partial charge is 0.274 e. The number of imide groups is 1. The Bertz CT molecular complexity index is 386. The first-order valence-corrected chi connectivity index (χ1v) is 6.50. The maximum absolute atomic E-state index is 12.0. The zero-order chi connectivity index (χ0) is 12.0. The molecule has 4 nitrogen and oxygen atoms in total. The van der Waals surface area contributed by atoms with Gasteiger partial charge in [-0.2, -0.15) is 5.26 Å². The predicted molar refractivity (Wildman–Crippen MR) is 59.4 cm³/mol. The minimum Gasteiger partial charge on any atom is -0.274 e. The fraction of sp³-hybridized carbons (Fsp3) is 0.769. The zero-order valence-electron chi connectivity index (χ0n) is 9.76. The van der Waals surface area contributed by atoms with Crippen LogP contribution in [0.15, 0.2) is 0 Å². The molecule has 3 aliphatic rings. The van der Waals surface area contributed by atoms with Crippen molar-refractivity contribution in [2.45, 2.75) is 44.6 Å². The SMILES string of the molecule is N#CC(C1CCCCC1)N1C(=O)C2CC2C1=O. The molecule has 0 aromatic rings. The quantitative estimate of drug-likeness (QED) is 0.677. The molecule has 3 rings (SSSR count). The van der Waals surface area contributed by atoms with E-state index in [1.165, 1.54) is 11.3 Å². The molecule has 0 aromatic heterocycles. The summed E-state index contributed by atoms with van der Waals surface area (Å²) in [6.45, 7) is 0. The lowest BCUT2D eigenvalue weighted by molar-refractivity contribution is -0.144. The predicted octanol–water partition coefficient (Wildman–Crippen LogP) is 1.46. The maximum atomic E-state index is 12.0. The Balaban J connectivity index is 1.79. The molecule has 1 saturated heterocycles. The van der Waals surface area contributed by atoms with Gasteiger partial charge in [0.15, 0.2) is 0 Å². The van der Waals surface area contributed by atoms with Crippen LogP contribution in [0.2, 0.25) is 0 Å². The van der Waals surface area contributed by atoms with Gasteiger partial charge in [0.25, 0.3) is 0 Å². The van der Waals surface area contributed by atoms with E-state index in [0.29, 0.717) is 0 Å². The van der Waals surface area contributed by atoms with E-state index in [-0.39, 0.29) is 29.6 Å². The molecule has 0 N–H and O–H groups in total. The highest BCUT2D eigenvalue weighted by molar-refractivity contribution is 6.09. The third kappa shape index (κ3) is 1.56. The van der Waals surface area contributed by atoms with Gasteiger partial charge in [0.05, 0.1) is 17.9 Å². The summed E-state index contributed by atoms with van der Waals surface area (Å²) in [7, 11) is 0. The van der Waals surface area contributed by atoms with Gasteiger partial charge in [-0.1, -0.05) is 19.3 Å². The second-order valence-corrected chi connectivity index (χ2v) is 5.47. The highest BCUT2D eigenvalue weighted by Gasteiger charge is 2.61. The van der Waals surface area contributed by atoms with Crippen molar-refractivity contribution in [2.24, 2.45) is 17.8 Å². The van der Waals surface area contributed by atoms with Crippen LogP contribution in [0.3, 0.4) is 0 Å². The number of hydrogen-bond acceptors (Lipinski definition) is 3. The monoisotopic (exact) mass is 232 g/mol. The molecule has 3 unspecified atom stereocenters. The van der Waals surface area contributed by atoms with Crippen molar-refractivity contribution in [3.05, 3.63) is 0 Å². The molecule has 4 heteroatoms. The number of nitriles is 1. The summed E-state index contributed by atoms with van der Waals surface area (Å²) in [4.78, 5) is 25.2. The van der Waals surface area contributed by atoms with E-state index in [2.05, 4.69) is 6.07 Å². The van der Waals surface area contributed by atoms with E-state index in [4.69, 9.17) is 0 Å². The van der Waals surface area contributed by atoms with Crippen molar-refractivity contribution in [3.63, 3.8) is 0 Å². The average molecular weight is 232 g/mol. The molecule has 0 bridgehead atoms. The number of rotatable bonds is 2. The topological polar surface area (TPSA) is 61.2 Å². The third-order valence-corrected chi connectivity index (χ3v) is 4.41. The van der Waals surface area contributed by atoms with Crippen LogP contribution in [0.4, 0.5) is 0 Å². The molecule has 1 aliphatic heterocycles. The number of fused-ring (bicyclic) bond motifs is 1. The number of nitrogens with zero attached hydrogens (tertiary/aromatic N) is 2. The van der Waals surface area contributed by atoms with Crippen molar-refractivity contribution in [3.8, 4) is 6.07 Å². The second kappa shape index (κ2) is 3.83. The summed E-state index contributed by atoms with van der Waals surface area (Å²) in [5.74, 6) is -0.128. The van der Waals surface area contributed by atoms with E-state index < -0.39 is 6.04 Å². The lowest BCUT2D eigenvalue weighted by atomic mass is 9.83. The van der Waals surface area contributed by atoms with Crippen molar-refractivity contribution in [1.29, 1.82) is 5.26 Å². The number of piperidine rings is 1. The molecule has 90 valence electrons. The molecule has 2 aliphatic carbocycles. The fourth-order valence-corrected chi connectivity index (χ4v) is 3.30. The minimum absolute atomic E-state index is 0.0815. The first-order chi connectivity index (χ1) is 8.24. The minimum atomic E-state index is -0.497. The van der Waals surface area contributed by atoms with Crippen LogP contribution in [-0.4, -0.2) is 22.8 Å². The lowest BCUT2D eigenvalue weighted by Crippen LogP contribution is -2.45. The van der Waals surface area contributed by atoms with Crippen LogP contribution in [0.5, 0.6) is 0 Å². The molecule has 0 spiro atoms. The summed E-state index contributed by atoms with van der Waals surface area (Å²) in [5, 5.41) is 9.28. The Morgan fingerprint density at radius 1 is 1.12 bits per heavy atom. The van der Waals surface area contributed by atoms with E-state index in [0.717, 1.165) is 32.1 Å². The first kappa shape index (κ1) is 10.8. The van der Waals surface area contributed by atoms with Crippen LogP contribution in [0.1, 0.15) is 38.5 Å². The number of amides is 2. The smallest absolute Gasteiger partial charge is 0.234 e. The molecular formula is C13H16N2O2. The number of carbonyl (C=O) groups excluding carboxylic acids is 2. The Morgan fingerprint density at radius 2 is 1.71 bits per heavy atom. The molecule has 0 aromatic carbocycles. The Morgan fingerprint density at radius 3 is 2.24 bits per heavy atom. The van der Waals surface area contributed by atoms with E-state index in [1.807, 2.05) is 0 Å². The summed E-state index contributed by atoms with van der Waals surface area (Å²) in [6.07, 6.45) is 6.12. The lowest BCUT2D eigenvalue weighted by Gasteiger charge is -2.31. The van der Waals surface area contributed by atoms with E-state index >= 15 is 0 Å². The normalized spacial score (nSPS) is 34.4. The zero-order valence-corrected chi connectivity index (χ0v) is 9.76. The highest BCUT2D eigenvalue weighted by atomic mass is 16.2. The van der Waals surface area contributed by atoms with Crippen molar-refractivity contribution < 1.29 is 9.59 Å². The van der Waals surface area contributed by atoms with Gasteiger partial charge in [0.1, 0.15) is 6.04 Å². The van der Waals surface area contributed by atoms with Crippen molar-refractivity contribution in [1.82, 2.24) is 4.90 Å². The molecule has 17 heavy (non-hydrogen) atoms. The number of hydrogen-bond donors (Lipinski definition) is 0. The fourth-order valence-electron chi connectivity index (χ4n) is 3.30. The maximum Gasteiger partial charge on any atom is 0.234 e. The molecular weight excluding hydrogens is 216 g/mol. The molecule has 1 heterocycles. The summed E-state index contributed by atoms with van der Waals surface area (Å²) in [6, 6.07) is 1.70. The van der Waals surface area contributed by atoms with Crippen molar-refractivity contribution >= 4 is 11.8 Å². The molecule has 2 amide bonds. The van der Waals surface area contributed by atoms with Gasteiger partial charge in [-0.05, 0) is 25.2 Å². The van der Waals surface area contributed by atoms with Crippen LogP contribution in [-0.2, 0) is 9.59 Å². The van der Waals surface area contributed by atoms with Crippen LogP contribution in [0, 0.1) is 29.1 Å². The van der Waals surface area contributed by atoms with E-state index in [1.54, 1.807) is 0 Å².